The summed E-state index contributed by atoms with van der Waals surface area (Å²) in [4.78, 5) is 2.52. The van der Waals surface area contributed by atoms with Gasteiger partial charge in [-0.3, -0.25) is 5.41 Å². The molecule has 1 aromatic heterocycles. The summed E-state index contributed by atoms with van der Waals surface area (Å²) in [6.07, 6.45) is 5.86. The van der Waals surface area contributed by atoms with Crippen LogP contribution in [0, 0.1) is 5.41 Å². The van der Waals surface area contributed by atoms with Gasteiger partial charge in [-0.2, -0.15) is 0 Å². The monoisotopic (exact) mass is 364 g/mol. The summed E-state index contributed by atoms with van der Waals surface area (Å²) < 4.78 is 4.16. The Morgan fingerprint density at radius 3 is 2.27 bits per heavy atom. The molecular weight excluding hydrogens is 340 g/mol. The number of benzene rings is 1. The molecule has 2 heterocycles. The molecule has 2 aromatic rings. The molecule has 120 valence electrons. The third-order valence-electron chi connectivity index (χ3n) is 4.37. The molecule has 0 spiro atoms. The minimum absolute atomic E-state index is 0. The summed E-state index contributed by atoms with van der Waals surface area (Å²) >= 11 is 0. The van der Waals surface area contributed by atoms with Crippen LogP contribution in [0.15, 0.2) is 36.9 Å². The molecule has 0 atom stereocenters. The molecule has 4 nitrogen and oxygen atoms in total. The molecule has 0 radical (unpaired) electrons. The van der Waals surface area contributed by atoms with Crippen LogP contribution in [0.1, 0.15) is 19.3 Å². The van der Waals surface area contributed by atoms with Crippen molar-refractivity contribution in [3.05, 3.63) is 42.5 Å². The average Bonchev–Trinajstić information content (AvgIpc) is 2.79. The van der Waals surface area contributed by atoms with Crippen LogP contribution in [0.25, 0.3) is 11.0 Å². The smallest absolute Gasteiger partial charge is 0.203 e. The molecular formula is C17H25BrN4. The third-order valence-corrected chi connectivity index (χ3v) is 4.37. The lowest BCUT2D eigenvalue weighted by molar-refractivity contribution is 0.220. The molecule has 22 heavy (non-hydrogen) atoms. The Kier molecular flexibility index (Phi) is 6.03. The van der Waals surface area contributed by atoms with Gasteiger partial charge in [-0.15, -0.1) is 23.6 Å². The SMILES string of the molecule is Br.C=CCn1c(=N)n(CCN2CCCCC2)c2ccccc21. The quantitative estimate of drug-likeness (QED) is 0.812. The van der Waals surface area contributed by atoms with E-state index in [9.17, 15) is 0 Å². The zero-order chi connectivity index (χ0) is 14.7. The number of para-hydroxylation sites is 2. The van der Waals surface area contributed by atoms with E-state index in [4.69, 9.17) is 5.41 Å². The Bertz CT molecular complexity index is 680. The highest BCUT2D eigenvalue weighted by Gasteiger charge is 2.13. The number of aromatic nitrogens is 2. The van der Waals surface area contributed by atoms with Crippen LogP contribution in [-0.2, 0) is 13.1 Å². The van der Waals surface area contributed by atoms with Crippen molar-refractivity contribution in [2.75, 3.05) is 19.6 Å². The van der Waals surface area contributed by atoms with Gasteiger partial charge in [0, 0.05) is 19.6 Å². The predicted octanol–water partition coefficient (Wildman–Crippen LogP) is 3.17. The van der Waals surface area contributed by atoms with Crippen LogP contribution in [0.3, 0.4) is 0 Å². The summed E-state index contributed by atoms with van der Waals surface area (Å²) in [5.41, 5.74) is 2.86. The van der Waals surface area contributed by atoms with E-state index in [1.807, 2.05) is 16.7 Å². The fourth-order valence-electron chi connectivity index (χ4n) is 3.26. The molecule has 0 saturated carbocycles. The zero-order valence-corrected chi connectivity index (χ0v) is 14.7. The number of imidazole rings is 1. The molecule has 1 aromatic carbocycles. The van der Waals surface area contributed by atoms with E-state index in [2.05, 4.69) is 34.2 Å². The van der Waals surface area contributed by atoms with E-state index in [1.54, 1.807) is 0 Å². The molecule has 1 fully saturated rings. The molecule has 5 heteroatoms. The third kappa shape index (κ3) is 3.36. The van der Waals surface area contributed by atoms with Gasteiger partial charge in [-0.05, 0) is 38.1 Å². The second-order valence-corrected chi connectivity index (χ2v) is 5.77. The van der Waals surface area contributed by atoms with Crippen molar-refractivity contribution in [2.45, 2.75) is 32.4 Å². The Labute approximate surface area is 142 Å². The van der Waals surface area contributed by atoms with Crippen LogP contribution < -0.4 is 5.62 Å². The van der Waals surface area contributed by atoms with Crippen LogP contribution >= 0.6 is 17.0 Å². The van der Waals surface area contributed by atoms with E-state index < -0.39 is 0 Å². The molecule has 3 rings (SSSR count). The van der Waals surface area contributed by atoms with Crippen LogP contribution in [0.5, 0.6) is 0 Å². The van der Waals surface area contributed by atoms with Gasteiger partial charge in [-0.1, -0.05) is 24.6 Å². The van der Waals surface area contributed by atoms with Gasteiger partial charge < -0.3 is 14.0 Å². The van der Waals surface area contributed by atoms with Gasteiger partial charge in [0.2, 0.25) is 5.62 Å². The summed E-state index contributed by atoms with van der Waals surface area (Å²) in [6, 6.07) is 8.30. The number of likely N-dealkylation sites (tertiary alicyclic amines) is 1. The minimum Gasteiger partial charge on any atom is -0.309 e. The van der Waals surface area contributed by atoms with E-state index in [0.29, 0.717) is 12.2 Å². The molecule has 1 N–H and O–H groups in total. The molecule has 0 bridgehead atoms. The van der Waals surface area contributed by atoms with Gasteiger partial charge in [0.05, 0.1) is 11.0 Å². The summed E-state index contributed by atoms with van der Waals surface area (Å²) in [6.45, 7) is 8.85. The maximum absolute atomic E-state index is 8.46. The van der Waals surface area contributed by atoms with E-state index >= 15 is 0 Å². The zero-order valence-electron chi connectivity index (χ0n) is 13.0. The van der Waals surface area contributed by atoms with Crippen molar-refractivity contribution in [3.8, 4) is 0 Å². The predicted molar refractivity (Wildman–Crippen MR) is 96.6 cm³/mol. The highest BCUT2D eigenvalue weighted by molar-refractivity contribution is 8.93. The van der Waals surface area contributed by atoms with Gasteiger partial charge >= 0.3 is 0 Å². The van der Waals surface area contributed by atoms with Crippen LogP contribution in [-0.4, -0.2) is 33.7 Å². The first-order valence-corrected chi connectivity index (χ1v) is 7.87. The number of piperidine rings is 1. The molecule has 0 aliphatic carbocycles. The maximum atomic E-state index is 8.46. The molecule has 0 unspecified atom stereocenters. The first-order chi connectivity index (χ1) is 10.3. The van der Waals surface area contributed by atoms with Gasteiger partial charge in [0.25, 0.3) is 0 Å². The fourth-order valence-corrected chi connectivity index (χ4v) is 3.26. The number of rotatable bonds is 5. The fraction of sp³-hybridized carbons (Fsp3) is 0.471. The molecule has 1 saturated heterocycles. The van der Waals surface area contributed by atoms with Crippen molar-refractivity contribution in [2.24, 2.45) is 0 Å². The van der Waals surface area contributed by atoms with Crippen LogP contribution in [0.2, 0.25) is 0 Å². The van der Waals surface area contributed by atoms with Crippen molar-refractivity contribution < 1.29 is 0 Å². The van der Waals surface area contributed by atoms with E-state index in [0.717, 1.165) is 24.1 Å². The highest BCUT2D eigenvalue weighted by atomic mass is 79.9. The van der Waals surface area contributed by atoms with E-state index in [-0.39, 0.29) is 17.0 Å². The molecule has 1 aliphatic rings. The minimum atomic E-state index is 0. The number of nitrogens with one attached hydrogen (secondary N) is 1. The number of allylic oxidation sites excluding steroid dienone is 1. The maximum Gasteiger partial charge on any atom is 0.203 e. The largest absolute Gasteiger partial charge is 0.309 e. The number of fused-ring (bicyclic) bond motifs is 1. The molecule has 1 aliphatic heterocycles. The van der Waals surface area contributed by atoms with Crippen molar-refractivity contribution in [1.29, 1.82) is 5.41 Å². The van der Waals surface area contributed by atoms with Gasteiger partial charge in [0.1, 0.15) is 0 Å². The first kappa shape index (κ1) is 17.0. The Hall–Kier alpha value is -1.33. The topological polar surface area (TPSA) is 37.0 Å². The van der Waals surface area contributed by atoms with Crippen LogP contribution in [0.4, 0.5) is 0 Å². The lowest BCUT2D eigenvalue weighted by Gasteiger charge is -2.26. The summed E-state index contributed by atoms with van der Waals surface area (Å²) in [7, 11) is 0. The Balaban J connectivity index is 0.00000176. The number of nitrogens with zero attached hydrogens (tertiary/aromatic N) is 3. The summed E-state index contributed by atoms with van der Waals surface area (Å²) in [5, 5.41) is 8.46. The summed E-state index contributed by atoms with van der Waals surface area (Å²) in [5.74, 6) is 0. The molecule has 0 amide bonds. The van der Waals surface area contributed by atoms with Crippen molar-refractivity contribution in [1.82, 2.24) is 14.0 Å². The van der Waals surface area contributed by atoms with Gasteiger partial charge in [-0.25, -0.2) is 0 Å². The number of hydrogen-bond acceptors (Lipinski definition) is 2. The normalized spacial score (nSPS) is 15.6. The van der Waals surface area contributed by atoms with E-state index in [1.165, 1.54) is 32.4 Å². The lowest BCUT2D eigenvalue weighted by atomic mass is 10.1. The van der Waals surface area contributed by atoms with Crippen molar-refractivity contribution >= 4 is 28.0 Å². The first-order valence-electron chi connectivity index (χ1n) is 7.87. The average molecular weight is 365 g/mol. The number of halogens is 1. The van der Waals surface area contributed by atoms with Gasteiger partial charge in [0.15, 0.2) is 0 Å². The second-order valence-electron chi connectivity index (χ2n) is 5.77. The number of hydrogen-bond donors (Lipinski definition) is 1. The Morgan fingerprint density at radius 1 is 1.00 bits per heavy atom. The Morgan fingerprint density at radius 2 is 1.64 bits per heavy atom. The standard InChI is InChI=1S/C17H24N4.BrH/c1-2-10-20-15-8-4-5-9-16(15)21(17(20)18)14-13-19-11-6-3-7-12-19;/h2,4-5,8-9,18H,1,3,6-7,10-14H2;1H. The lowest BCUT2D eigenvalue weighted by Crippen LogP contribution is -2.35. The second kappa shape index (κ2) is 7.79. The van der Waals surface area contributed by atoms with Crippen molar-refractivity contribution in [3.63, 3.8) is 0 Å². The highest BCUT2D eigenvalue weighted by Crippen LogP contribution is 2.14.